The molecular formula is C12H20N4. The Morgan fingerprint density at radius 1 is 1.44 bits per heavy atom. The first kappa shape index (κ1) is 11.3. The quantitative estimate of drug-likeness (QED) is 0.831. The van der Waals surface area contributed by atoms with Crippen molar-refractivity contribution in [3.63, 3.8) is 0 Å². The lowest BCUT2D eigenvalue weighted by molar-refractivity contribution is 0.380. The molecular weight excluding hydrogens is 200 g/mol. The fraction of sp³-hybridized carbons (Fsp3) is 0.667. The van der Waals surface area contributed by atoms with Crippen LogP contribution in [0.2, 0.25) is 0 Å². The fourth-order valence-electron chi connectivity index (χ4n) is 2.33. The first-order chi connectivity index (χ1) is 7.77. The van der Waals surface area contributed by atoms with Crippen molar-refractivity contribution in [1.82, 2.24) is 15.3 Å². The molecule has 1 aliphatic heterocycles. The maximum Gasteiger partial charge on any atom is 0.149 e. The predicted molar refractivity (Wildman–Crippen MR) is 65.6 cm³/mol. The summed E-state index contributed by atoms with van der Waals surface area (Å²) in [6.45, 7) is 5.37. The third kappa shape index (κ3) is 2.70. The van der Waals surface area contributed by atoms with E-state index in [0.717, 1.165) is 30.5 Å². The molecule has 0 radical (unpaired) electrons. The van der Waals surface area contributed by atoms with Gasteiger partial charge in [0.1, 0.15) is 5.82 Å². The van der Waals surface area contributed by atoms with Crippen LogP contribution in [-0.4, -0.2) is 36.6 Å². The van der Waals surface area contributed by atoms with Gasteiger partial charge in [-0.3, -0.25) is 4.98 Å². The molecule has 0 unspecified atom stereocenters. The van der Waals surface area contributed by atoms with E-state index in [9.17, 15) is 0 Å². The van der Waals surface area contributed by atoms with Crippen molar-refractivity contribution in [3.8, 4) is 0 Å². The van der Waals surface area contributed by atoms with Gasteiger partial charge in [-0.25, -0.2) is 4.98 Å². The minimum absolute atomic E-state index is 0.736. The van der Waals surface area contributed by atoms with Gasteiger partial charge in [-0.1, -0.05) is 0 Å². The van der Waals surface area contributed by atoms with Crippen molar-refractivity contribution in [1.29, 1.82) is 0 Å². The van der Waals surface area contributed by atoms with Gasteiger partial charge in [0.15, 0.2) is 0 Å². The number of piperidine rings is 1. The van der Waals surface area contributed by atoms with Gasteiger partial charge in [-0.15, -0.1) is 0 Å². The average Bonchev–Trinajstić information content (AvgIpc) is 2.31. The number of nitrogens with one attached hydrogen (secondary N) is 1. The summed E-state index contributed by atoms with van der Waals surface area (Å²) in [4.78, 5) is 10.9. The Morgan fingerprint density at radius 3 is 2.94 bits per heavy atom. The molecule has 1 fully saturated rings. The van der Waals surface area contributed by atoms with E-state index < -0.39 is 0 Å². The molecule has 1 N–H and O–H groups in total. The van der Waals surface area contributed by atoms with Gasteiger partial charge in [-0.05, 0) is 38.8 Å². The van der Waals surface area contributed by atoms with Crippen LogP contribution in [0.4, 0.5) is 5.82 Å². The topological polar surface area (TPSA) is 41.1 Å². The second-order valence-corrected chi connectivity index (χ2v) is 4.56. The Labute approximate surface area is 97.1 Å². The van der Waals surface area contributed by atoms with E-state index >= 15 is 0 Å². The highest BCUT2D eigenvalue weighted by Gasteiger charge is 2.16. The summed E-state index contributed by atoms with van der Waals surface area (Å²) in [7, 11) is 2.10. The number of rotatable bonds is 3. The Hall–Kier alpha value is -1.16. The van der Waals surface area contributed by atoms with Crippen molar-refractivity contribution in [2.45, 2.75) is 19.8 Å². The highest BCUT2D eigenvalue weighted by atomic mass is 15.2. The lowest BCUT2D eigenvalue weighted by Crippen LogP contribution is -2.37. The number of nitrogens with zero attached hydrogens (tertiary/aromatic N) is 3. The summed E-state index contributed by atoms with van der Waals surface area (Å²) in [5.74, 6) is 1.74. The smallest absolute Gasteiger partial charge is 0.149 e. The van der Waals surface area contributed by atoms with Crippen LogP contribution in [0, 0.1) is 12.8 Å². The van der Waals surface area contributed by atoms with Crippen molar-refractivity contribution in [3.05, 3.63) is 18.1 Å². The molecule has 16 heavy (non-hydrogen) atoms. The summed E-state index contributed by atoms with van der Waals surface area (Å²) in [6, 6.07) is 0. The molecule has 2 heterocycles. The van der Waals surface area contributed by atoms with Crippen molar-refractivity contribution < 1.29 is 0 Å². The maximum atomic E-state index is 4.39. The summed E-state index contributed by atoms with van der Waals surface area (Å²) in [6.07, 6.45) is 6.11. The van der Waals surface area contributed by atoms with Crippen LogP contribution >= 0.6 is 0 Å². The van der Waals surface area contributed by atoms with Gasteiger partial charge in [0.25, 0.3) is 0 Å². The zero-order valence-electron chi connectivity index (χ0n) is 10.1. The highest BCUT2D eigenvalue weighted by Crippen LogP contribution is 2.16. The molecule has 1 aromatic heterocycles. The zero-order chi connectivity index (χ0) is 11.4. The molecule has 1 atom stereocenters. The molecule has 1 aromatic rings. The predicted octanol–water partition coefficient (Wildman–Crippen LogP) is 1.22. The Bertz CT molecular complexity index is 334. The summed E-state index contributed by atoms with van der Waals surface area (Å²) < 4.78 is 0. The van der Waals surface area contributed by atoms with Crippen LogP contribution in [0.1, 0.15) is 18.5 Å². The van der Waals surface area contributed by atoms with Crippen molar-refractivity contribution in [2.75, 3.05) is 31.6 Å². The Kier molecular flexibility index (Phi) is 3.72. The highest BCUT2D eigenvalue weighted by molar-refractivity contribution is 5.41. The third-order valence-corrected chi connectivity index (χ3v) is 3.15. The summed E-state index contributed by atoms with van der Waals surface area (Å²) in [5, 5.41) is 3.44. The van der Waals surface area contributed by atoms with E-state index in [0.29, 0.717) is 0 Å². The van der Waals surface area contributed by atoms with Gasteiger partial charge in [0.05, 0.1) is 5.69 Å². The first-order valence-corrected chi connectivity index (χ1v) is 5.97. The zero-order valence-corrected chi connectivity index (χ0v) is 10.1. The molecule has 0 amide bonds. The van der Waals surface area contributed by atoms with Gasteiger partial charge < -0.3 is 10.2 Å². The fourth-order valence-corrected chi connectivity index (χ4v) is 2.33. The van der Waals surface area contributed by atoms with E-state index in [1.165, 1.54) is 19.4 Å². The Morgan fingerprint density at radius 2 is 2.25 bits per heavy atom. The van der Waals surface area contributed by atoms with Crippen LogP contribution in [0.15, 0.2) is 12.4 Å². The molecule has 2 rings (SSSR count). The minimum Gasteiger partial charge on any atom is -0.358 e. The summed E-state index contributed by atoms with van der Waals surface area (Å²) in [5.41, 5.74) is 1.01. The number of hydrogen-bond donors (Lipinski definition) is 1. The van der Waals surface area contributed by atoms with Crippen LogP contribution < -0.4 is 10.2 Å². The molecule has 0 aliphatic carbocycles. The molecule has 0 aromatic carbocycles. The minimum atomic E-state index is 0.736. The molecule has 88 valence electrons. The molecule has 0 bridgehead atoms. The number of hydrogen-bond acceptors (Lipinski definition) is 4. The van der Waals surface area contributed by atoms with E-state index in [-0.39, 0.29) is 0 Å². The second-order valence-electron chi connectivity index (χ2n) is 4.56. The largest absolute Gasteiger partial charge is 0.358 e. The third-order valence-electron chi connectivity index (χ3n) is 3.15. The van der Waals surface area contributed by atoms with Crippen molar-refractivity contribution >= 4 is 5.82 Å². The Balaban J connectivity index is 1.96. The standard InChI is InChI=1S/C12H20N4/c1-10-12(15-7-6-14-10)16(2)9-11-4-3-5-13-8-11/h6-7,11,13H,3-5,8-9H2,1-2H3/t11-/m0/s1. The van der Waals surface area contributed by atoms with E-state index in [1.807, 2.05) is 6.92 Å². The molecule has 1 aliphatic rings. The first-order valence-electron chi connectivity index (χ1n) is 5.97. The lowest BCUT2D eigenvalue weighted by Gasteiger charge is -2.28. The van der Waals surface area contributed by atoms with E-state index in [2.05, 4.69) is 27.2 Å². The molecule has 1 saturated heterocycles. The second kappa shape index (κ2) is 5.25. The maximum absolute atomic E-state index is 4.39. The van der Waals surface area contributed by atoms with Crippen LogP contribution in [0.5, 0.6) is 0 Å². The SMILES string of the molecule is Cc1nccnc1N(C)C[C@H]1CCCNC1. The lowest BCUT2D eigenvalue weighted by atomic mass is 9.99. The van der Waals surface area contributed by atoms with Gasteiger partial charge >= 0.3 is 0 Å². The molecule has 0 spiro atoms. The van der Waals surface area contributed by atoms with Gasteiger partial charge in [-0.2, -0.15) is 0 Å². The number of aromatic nitrogens is 2. The van der Waals surface area contributed by atoms with Crippen LogP contribution in [0.25, 0.3) is 0 Å². The van der Waals surface area contributed by atoms with Crippen LogP contribution in [0.3, 0.4) is 0 Å². The number of anilines is 1. The van der Waals surface area contributed by atoms with E-state index in [1.54, 1.807) is 12.4 Å². The van der Waals surface area contributed by atoms with Gasteiger partial charge in [0, 0.05) is 26.0 Å². The number of aryl methyl sites for hydroxylation is 1. The molecule has 4 nitrogen and oxygen atoms in total. The van der Waals surface area contributed by atoms with E-state index in [4.69, 9.17) is 0 Å². The average molecular weight is 220 g/mol. The van der Waals surface area contributed by atoms with Crippen molar-refractivity contribution in [2.24, 2.45) is 5.92 Å². The molecule has 0 saturated carbocycles. The summed E-state index contributed by atoms with van der Waals surface area (Å²) >= 11 is 0. The van der Waals surface area contributed by atoms with Gasteiger partial charge in [0.2, 0.25) is 0 Å². The molecule has 4 heteroatoms. The normalized spacial score (nSPS) is 20.8. The van der Waals surface area contributed by atoms with Crippen LogP contribution in [-0.2, 0) is 0 Å². The monoisotopic (exact) mass is 220 g/mol.